The molecule has 0 aliphatic carbocycles. The molecule has 1 fully saturated rings. The van der Waals surface area contributed by atoms with E-state index in [1.54, 1.807) is 0 Å². The Morgan fingerprint density at radius 3 is 2.41 bits per heavy atom. The minimum absolute atomic E-state index is 0.0125. The molecule has 1 saturated heterocycles. The monoisotopic (exact) mass is 242 g/mol. The third kappa shape index (κ3) is 3.68. The van der Waals surface area contributed by atoms with Crippen LogP contribution < -0.4 is 11.1 Å². The molecular weight excluding hydrogens is 216 g/mol. The summed E-state index contributed by atoms with van der Waals surface area (Å²) in [5.41, 5.74) is 5.37. The van der Waals surface area contributed by atoms with Gasteiger partial charge in [0.1, 0.15) is 0 Å². The molecule has 100 valence electrons. The van der Waals surface area contributed by atoms with Crippen molar-refractivity contribution < 1.29 is 9.53 Å². The van der Waals surface area contributed by atoms with Crippen LogP contribution in [0.3, 0.4) is 0 Å². The fourth-order valence-electron chi connectivity index (χ4n) is 2.26. The number of carbonyl (C=O) groups excluding carboxylic acids is 1. The van der Waals surface area contributed by atoms with E-state index in [0.717, 1.165) is 26.1 Å². The Labute approximate surface area is 104 Å². The van der Waals surface area contributed by atoms with Crippen molar-refractivity contribution in [1.82, 2.24) is 5.32 Å². The molecular formula is C13H26N2O2. The standard InChI is InChI=1S/C13H26N2O2/c1-4-13(14,5-2)12(16)15-10(3)11-6-8-17-9-7-11/h10-11H,4-9,14H2,1-3H3,(H,15,16). The molecule has 1 heterocycles. The molecule has 1 unspecified atom stereocenters. The first-order chi connectivity index (χ1) is 8.03. The van der Waals surface area contributed by atoms with E-state index in [4.69, 9.17) is 10.5 Å². The van der Waals surface area contributed by atoms with E-state index in [0.29, 0.717) is 18.8 Å². The van der Waals surface area contributed by atoms with Gasteiger partial charge in [-0.3, -0.25) is 4.79 Å². The van der Waals surface area contributed by atoms with Crippen molar-refractivity contribution in [2.45, 2.75) is 58.0 Å². The first-order valence-electron chi connectivity index (χ1n) is 6.71. The van der Waals surface area contributed by atoms with E-state index < -0.39 is 5.54 Å². The number of amides is 1. The molecule has 3 N–H and O–H groups in total. The van der Waals surface area contributed by atoms with E-state index in [1.165, 1.54) is 0 Å². The van der Waals surface area contributed by atoms with Gasteiger partial charge in [0.05, 0.1) is 5.54 Å². The smallest absolute Gasteiger partial charge is 0.240 e. The summed E-state index contributed by atoms with van der Waals surface area (Å²) in [5.74, 6) is 0.507. The van der Waals surface area contributed by atoms with Crippen LogP contribution >= 0.6 is 0 Å². The number of carbonyl (C=O) groups is 1. The SMILES string of the molecule is CCC(N)(CC)C(=O)NC(C)C1CCOCC1. The van der Waals surface area contributed by atoms with Crippen LogP contribution in [-0.4, -0.2) is 30.7 Å². The first-order valence-corrected chi connectivity index (χ1v) is 6.71. The number of nitrogens with one attached hydrogen (secondary N) is 1. The molecule has 1 aliphatic rings. The van der Waals surface area contributed by atoms with Crippen molar-refractivity contribution in [3.8, 4) is 0 Å². The van der Waals surface area contributed by atoms with Gasteiger partial charge in [0.15, 0.2) is 0 Å². The summed E-state index contributed by atoms with van der Waals surface area (Å²) in [4.78, 5) is 12.1. The van der Waals surface area contributed by atoms with Gasteiger partial charge >= 0.3 is 0 Å². The first kappa shape index (κ1) is 14.5. The third-order valence-corrected chi connectivity index (χ3v) is 4.05. The van der Waals surface area contributed by atoms with Crippen LogP contribution in [0.4, 0.5) is 0 Å². The molecule has 0 bridgehead atoms. The lowest BCUT2D eigenvalue weighted by Crippen LogP contribution is -2.56. The molecule has 1 atom stereocenters. The number of rotatable bonds is 5. The molecule has 4 heteroatoms. The van der Waals surface area contributed by atoms with Crippen molar-refractivity contribution in [1.29, 1.82) is 0 Å². The predicted molar refractivity (Wildman–Crippen MR) is 68.6 cm³/mol. The van der Waals surface area contributed by atoms with Gasteiger partial charge in [-0.05, 0) is 38.5 Å². The lowest BCUT2D eigenvalue weighted by Gasteiger charge is -2.32. The minimum atomic E-state index is -0.709. The largest absolute Gasteiger partial charge is 0.381 e. The molecule has 1 aliphatic heterocycles. The summed E-state index contributed by atoms with van der Waals surface area (Å²) in [6.07, 6.45) is 3.40. The van der Waals surface area contributed by atoms with Gasteiger partial charge in [-0.25, -0.2) is 0 Å². The van der Waals surface area contributed by atoms with Gasteiger partial charge in [-0.2, -0.15) is 0 Å². The molecule has 4 nitrogen and oxygen atoms in total. The quantitative estimate of drug-likeness (QED) is 0.766. The highest BCUT2D eigenvalue weighted by molar-refractivity contribution is 5.86. The lowest BCUT2D eigenvalue weighted by atomic mass is 9.89. The Morgan fingerprint density at radius 1 is 1.41 bits per heavy atom. The van der Waals surface area contributed by atoms with Crippen LogP contribution in [-0.2, 0) is 9.53 Å². The van der Waals surface area contributed by atoms with Crippen LogP contribution in [0, 0.1) is 5.92 Å². The highest BCUT2D eigenvalue weighted by atomic mass is 16.5. The van der Waals surface area contributed by atoms with Gasteiger partial charge < -0.3 is 15.8 Å². The Kier molecular flexibility index (Phi) is 5.40. The minimum Gasteiger partial charge on any atom is -0.381 e. The number of nitrogens with two attached hydrogens (primary N) is 1. The summed E-state index contributed by atoms with van der Waals surface area (Å²) >= 11 is 0. The zero-order valence-corrected chi connectivity index (χ0v) is 11.3. The van der Waals surface area contributed by atoms with Crippen LogP contribution in [0.1, 0.15) is 46.5 Å². The van der Waals surface area contributed by atoms with Gasteiger partial charge in [0.25, 0.3) is 0 Å². The Balaban J connectivity index is 2.49. The van der Waals surface area contributed by atoms with E-state index in [2.05, 4.69) is 12.2 Å². The summed E-state index contributed by atoms with van der Waals surface area (Å²) in [5, 5.41) is 3.07. The zero-order valence-electron chi connectivity index (χ0n) is 11.3. The zero-order chi connectivity index (χ0) is 12.9. The van der Waals surface area contributed by atoms with Crippen LogP contribution in [0.25, 0.3) is 0 Å². The molecule has 0 radical (unpaired) electrons. The third-order valence-electron chi connectivity index (χ3n) is 4.05. The summed E-state index contributed by atoms with van der Waals surface area (Å²) in [6.45, 7) is 7.60. The van der Waals surface area contributed by atoms with Gasteiger partial charge in [0.2, 0.25) is 5.91 Å². The lowest BCUT2D eigenvalue weighted by molar-refractivity contribution is -0.127. The maximum atomic E-state index is 12.1. The topological polar surface area (TPSA) is 64.4 Å². The normalized spacial score (nSPS) is 20.0. The van der Waals surface area contributed by atoms with Gasteiger partial charge in [-0.15, -0.1) is 0 Å². The second kappa shape index (κ2) is 6.36. The molecule has 1 rings (SSSR count). The summed E-state index contributed by atoms with van der Waals surface area (Å²) in [6, 6.07) is 0.187. The van der Waals surface area contributed by atoms with E-state index >= 15 is 0 Å². The van der Waals surface area contributed by atoms with E-state index in [1.807, 2.05) is 13.8 Å². The Morgan fingerprint density at radius 2 is 1.94 bits per heavy atom. The highest BCUT2D eigenvalue weighted by Crippen LogP contribution is 2.20. The van der Waals surface area contributed by atoms with Crippen molar-refractivity contribution >= 4 is 5.91 Å². The average molecular weight is 242 g/mol. The van der Waals surface area contributed by atoms with Crippen LogP contribution in [0.5, 0.6) is 0 Å². The molecule has 0 aromatic heterocycles. The fraction of sp³-hybridized carbons (Fsp3) is 0.923. The van der Waals surface area contributed by atoms with Crippen molar-refractivity contribution in [3.05, 3.63) is 0 Å². The number of hydrogen-bond acceptors (Lipinski definition) is 3. The molecule has 17 heavy (non-hydrogen) atoms. The number of hydrogen-bond donors (Lipinski definition) is 2. The fourth-order valence-corrected chi connectivity index (χ4v) is 2.26. The predicted octanol–water partition coefficient (Wildman–Crippen LogP) is 1.44. The maximum absolute atomic E-state index is 12.1. The van der Waals surface area contributed by atoms with Gasteiger partial charge in [-0.1, -0.05) is 13.8 Å². The molecule has 0 saturated carbocycles. The van der Waals surface area contributed by atoms with E-state index in [9.17, 15) is 4.79 Å². The summed E-state index contributed by atoms with van der Waals surface area (Å²) < 4.78 is 5.33. The van der Waals surface area contributed by atoms with Crippen LogP contribution in [0.15, 0.2) is 0 Å². The summed E-state index contributed by atoms with van der Waals surface area (Å²) in [7, 11) is 0. The Bertz CT molecular complexity index is 246. The molecule has 0 aromatic rings. The van der Waals surface area contributed by atoms with Gasteiger partial charge in [0, 0.05) is 19.3 Å². The average Bonchev–Trinajstić information content (AvgIpc) is 2.38. The second-order valence-electron chi connectivity index (χ2n) is 5.08. The van der Waals surface area contributed by atoms with Crippen molar-refractivity contribution in [2.24, 2.45) is 11.7 Å². The number of ether oxygens (including phenoxy) is 1. The Hall–Kier alpha value is -0.610. The molecule has 0 aromatic carbocycles. The van der Waals surface area contributed by atoms with E-state index in [-0.39, 0.29) is 11.9 Å². The second-order valence-corrected chi connectivity index (χ2v) is 5.08. The van der Waals surface area contributed by atoms with Crippen molar-refractivity contribution in [3.63, 3.8) is 0 Å². The molecule has 0 spiro atoms. The van der Waals surface area contributed by atoms with Crippen LogP contribution in [0.2, 0.25) is 0 Å². The highest BCUT2D eigenvalue weighted by Gasteiger charge is 2.32. The molecule has 1 amide bonds. The maximum Gasteiger partial charge on any atom is 0.240 e. The van der Waals surface area contributed by atoms with Crippen molar-refractivity contribution in [2.75, 3.05) is 13.2 Å².